The van der Waals surface area contributed by atoms with Gasteiger partial charge in [0.05, 0.1) is 13.1 Å². The SMILES string of the molecule is CP(C)(=O)C(O)CNCC(=O)N(O)CCN. The van der Waals surface area contributed by atoms with Crippen LogP contribution in [0.1, 0.15) is 0 Å². The van der Waals surface area contributed by atoms with Crippen molar-refractivity contribution in [1.29, 1.82) is 0 Å². The summed E-state index contributed by atoms with van der Waals surface area (Å²) in [6.07, 6.45) is 0. The van der Waals surface area contributed by atoms with Crippen LogP contribution in [0.3, 0.4) is 0 Å². The number of rotatable bonds is 7. The van der Waals surface area contributed by atoms with Crippen LogP contribution < -0.4 is 11.1 Å². The summed E-state index contributed by atoms with van der Waals surface area (Å²) >= 11 is 0. The molecule has 0 heterocycles. The molecular weight excluding hydrogens is 233 g/mol. The molecule has 5 N–H and O–H groups in total. The Morgan fingerprint density at radius 1 is 1.56 bits per heavy atom. The normalized spacial score (nSPS) is 13.6. The molecule has 16 heavy (non-hydrogen) atoms. The van der Waals surface area contributed by atoms with Crippen molar-refractivity contribution in [3.63, 3.8) is 0 Å². The van der Waals surface area contributed by atoms with Gasteiger partial charge in [0.1, 0.15) is 13.0 Å². The maximum atomic E-state index is 11.4. The summed E-state index contributed by atoms with van der Waals surface area (Å²) in [6, 6.07) is 0. The highest BCUT2D eigenvalue weighted by Gasteiger charge is 2.20. The fraction of sp³-hybridized carbons (Fsp3) is 0.875. The van der Waals surface area contributed by atoms with Crippen LogP contribution in [0, 0.1) is 0 Å². The average molecular weight is 253 g/mol. The van der Waals surface area contributed by atoms with Crippen molar-refractivity contribution in [1.82, 2.24) is 10.4 Å². The Bertz CT molecular complexity index is 268. The Hall–Kier alpha value is -0.460. The Kier molecular flexibility index (Phi) is 6.78. The Labute approximate surface area is 94.9 Å². The highest BCUT2D eigenvalue weighted by molar-refractivity contribution is 7.62. The molecular formula is C8H20N3O4P. The second-order valence-corrected chi connectivity index (χ2v) is 7.32. The minimum atomic E-state index is -2.57. The van der Waals surface area contributed by atoms with Crippen LogP contribution in [0.5, 0.6) is 0 Å². The fourth-order valence-electron chi connectivity index (χ4n) is 0.866. The van der Waals surface area contributed by atoms with E-state index in [2.05, 4.69) is 5.32 Å². The minimum Gasteiger partial charge on any atom is -0.384 e. The van der Waals surface area contributed by atoms with Crippen molar-refractivity contribution in [3.8, 4) is 0 Å². The number of hydrogen-bond acceptors (Lipinski definition) is 6. The summed E-state index contributed by atoms with van der Waals surface area (Å²) in [5.74, 6) is -1.53. The van der Waals surface area contributed by atoms with Crippen molar-refractivity contribution in [3.05, 3.63) is 0 Å². The zero-order valence-corrected chi connectivity index (χ0v) is 10.5. The number of nitrogens with two attached hydrogens (primary N) is 1. The molecule has 0 aliphatic rings. The van der Waals surface area contributed by atoms with E-state index in [1.165, 1.54) is 13.3 Å². The van der Waals surface area contributed by atoms with E-state index < -0.39 is 18.9 Å². The van der Waals surface area contributed by atoms with Gasteiger partial charge < -0.3 is 20.7 Å². The van der Waals surface area contributed by atoms with Gasteiger partial charge in [0.2, 0.25) is 0 Å². The zero-order chi connectivity index (χ0) is 12.8. The number of aliphatic hydroxyl groups excluding tert-OH is 1. The number of carbonyl (C=O) groups is 1. The van der Waals surface area contributed by atoms with E-state index in [9.17, 15) is 14.5 Å². The van der Waals surface area contributed by atoms with Crippen LogP contribution in [0.15, 0.2) is 0 Å². The first-order chi connectivity index (χ1) is 7.29. The van der Waals surface area contributed by atoms with Gasteiger partial charge >= 0.3 is 0 Å². The smallest absolute Gasteiger partial charge is 0.259 e. The van der Waals surface area contributed by atoms with Gasteiger partial charge in [-0.05, 0) is 13.3 Å². The topological polar surface area (TPSA) is 116 Å². The Balaban J connectivity index is 3.82. The van der Waals surface area contributed by atoms with E-state index in [-0.39, 0.29) is 26.2 Å². The molecule has 0 saturated carbocycles. The highest BCUT2D eigenvalue weighted by atomic mass is 31.2. The minimum absolute atomic E-state index is 0.0481. The van der Waals surface area contributed by atoms with E-state index in [0.717, 1.165) is 0 Å². The maximum absolute atomic E-state index is 11.4. The molecule has 0 rings (SSSR count). The first kappa shape index (κ1) is 15.5. The van der Waals surface area contributed by atoms with Gasteiger partial charge in [0.15, 0.2) is 0 Å². The van der Waals surface area contributed by atoms with Crippen LogP contribution in [0.25, 0.3) is 0 Å². The number of hydrogen-bond donors (Lipinski definition) is 4. The molecule has 1 unspecified atom stereocenters. The maximum Gasteiger partial charge on any atom is 0.259 e. The number of amides is 1. The lowest BCUT2D eigenvalue weighted by atomic mass is 10.5. The molecule has 1 amide bonds. The van der Waals surface area contributed by atoms with Gasteiger partial charge in [-0.3, -0.25) is 10.0 Å². The van der Waals surface area contributed by atoms with E-state index >= 15 is 0 Å². The summed E-state index contributed by atoms with van der Waals surface area (Å²) in [4.78, 5) is 11.2. The molecule has 0 saturated heterocycles. The first-order valence-electron chi connectivity index (χ1n) is 4.91. The standard InChI is InChI=1S/C8H20N3O4P/c1-16(2,15)8(13)6-10-5-7(12)11(14)4-3-9/h8,10,13-14H,3-6,9H2,1-2H3. The number of aliphatic hydroxyl groups is 1. The summed E-state index contributed by atoms with van der Waals surface area (Å²) in [5, 5.41) is 21.6. The lowest BCUT2D eigenvalue weighted by molar-refractivity contribution is -0.163. The quantitative estimate of drug-likeness (QED) is 0.254. The van der Waals surface area contributed by atoms with Gasteiger partial charge in [-0.15, -0.1) is 0 Å². The molecule has 8 heteroatoms. The summed E-state index contributed by atoms with van der Waals surface area (Å²) < 4.78 is 11.4. The van der Waals surface area contributed by atoms with Gasteiger partial charge in [-0.25, -0.2) is 5.06 Å². The van der Waals surface area contributed by atoms with E-state index in [0.29, 0.717) is 5.06 Å². The number of carbonyl (C=O) groups excluding carboxylic acids is 1. The van der Waals surface area contributed by atoms with Crippen LogP contribution in [0.4, 0.5) is 0 Å². The molecule has 0 fully saturated rings. The molecule has 7 nitrogen and oxygen atoms in total. The van der Waals surface area contributed by atoms with Crippen molar-refractivity contribution in [2.75, 3.05) is 39.5 Å². The molecule has 0 bridgehead atoms. The zero-order valence-electron chi connectivity index (χ0n) is 9.59. The average Bonchev–Trinajstić information content (AvgIpc) is 2.16. The molecule has 1 atom stereocenters. The van der Waals surface area contributed by atoms with Gasteiger partial charge in [0, 0.05) is 13.1 Å². The fourth-order valence-corrected chi connectivity index (χ4v) is 1.44. The van der Waals surface area contributed by atoms with Crippen LogP contribution >= 0.6 is 7.14 Å². The summed E-state index contributed by atoms with van der Waals surface area (Å²) in [6.45, 7) is 3.08. The monoisotopic (exact) mass is 253 g/mol. The van der Waals surface area contributed by atoms with E-state index in [1.54, 1.807) is 0 Å². The van der Waals surface area contributed by atoms with Crippen molar-refractivity contribution < 1.29 is 19.7 Å². The van der Waals surface area contributed by atoms with Crippen LogP contribution in [0.2, 0.25) is 0 Å². The van der Waals surface area contributed by atoms with E-state index in [4.69, 9.17) is 10.9 Å². The number of nitrogens with one attached hydrogen (secondary N) is 1. The predicted molar refractivity (Wildman–Crippen MR) is 60.9 cm³/mol. The van der Waals surface area contributed by atoms with Gasteiger partial charge in [-0.1, -0.05) is 0 Å². The molecule has 0 aliphatic carbocycles. The Morgan fingerprint density at radius 2 is 2.12 bits per heavy atom. The number of hydroxylamine groups is 2. The second kappa shape index (κ2) is 6.98. The number of nitrogens with zero attached hydrogens (tertiary/aromatic N) is 1. The lowest BCUT2D eigenvalue weighted by Gasteiger charge is -2.17. The third-order valence-corrected chi connectivity index (χ3v) is 3.57. The first-order valence-corrected chi connectivity index (χ1v) is 7.58. The molecule has 96 valence electrons. The van der Waals surface area contributed by atoms with Gasteiger partial charge in [0.25, 0.3) is 5.91 Å². The molecule has 0 aromatic rings. The third kappa shape index (κ3) is 6.19. The van der Waals surface area contributed by atoms with E-state index in [1.807, 2.05) is 0 Å². The molecule has 0 aromatic heterocycles. The van der Waals surface area contributed by atoms with Crippen molar-refractivity contribution in [2.24, 2.45) is 5.73 Å². The molecule has 0 aliphatic heterocycles. The third-order valence-electron chi connectivity index (χ3n) is 1.95. The highest BCUT2D eigenvalue weighted by Crippen LogP contribution is 2.40. The summed E-state index contributed by atoms with van der Waals surface area (Å²) in [5.41, 5.74) is 5.15. The molecule has 0 spiro atoms. The van der Waals surface area contributed by atoms with Crippen molar-refractivity contribution in [2.45, 2.75) is 5.85 Å². The molecule has 0 radical (unpaired) electrons. The predicted octanol–water partition coefficient (Wildman–Crippen LogP) is -1.31. The van der Waals surface area contributed by atoms with Gasteiger partial charge in [-0.2, -0.15) is 0 Å². The Morgan fingerprint density at radius 3 is 2.56 bits per heavy atom. The largest absolute Gasteiger partial charge is 0.384 e. The summed E-state index contributed by atoms with van der Waals surface area (Å²) in [7, 11) is -2.57. The van der Waals surface area contributed by atoms with Crippen molar-refractivity contribution >= 4 is 13.0 Å². The molecule has 0 aromatic carbocycles. The second-order valence-electron chi connectivity index (χ2n) is 3.85. The van der Waals surface area contributed by atoms with Crippen LogP contribution in [-0.2, 0) is 9.36 Å². The lowest BCUT2D eigenvalue weighted by Crippen LogP contribution is -2.40. The van der Waals surface area contributed by atoms with Crippen LogP contribution in [-0.4, -0.2) is 66.6 Å².